The van der Waals surface area contributed by atoms with Gasteiger partial charge in [0.25, 0.3) is 5.91 Å². The van der Waals surface area contributed by atoms with E-state index in [1.54, 1.807) is 19.0 Å². The predicted octanol–water partition coefficient (Wildman–Crippen LogP) is 1.25. The van der Waals surface area contributed by atoms with Crippen molar-refractivity contribution in [2.75, 3.05) is 27.2 Å². The summed E-state index contributed by atoms with van der Waals surface area (Å²) in [5.41, 5.74) is 7.53. The van der Waals surface area contributed by atoms with Crippen LogP contribution in [0.15, 0.2) is 29.3 Å². The average Bonchev–Trinajstić information content (AvgIpc) is 2.44. The van der Waals surface area contributed by atoms with Crippen molar-refractivity contribution in [1.29, 1.82) is 0 Å². The third kappa shape index (κ3) is 5.30. The van der Waals surface area contributed by atoms with Crippen molar-refractivity contribution in [3.05, 3.63) is 35.4 Å². The molecule has 1 aromatic carbocycles. The van der Waals surface area contributed by atoms with Crippen LogP contribution in [0.25, 0.3) is 0 Å². The molecule has 0 saturated carbocycles. The minimum absolute atomic E-state index is 0.0174. The molecular formula is C15H24N4O. The van der Waals surface area contributed by atoms with Crippen LogP contribution in [0.4, 0.5) is 0 Å². The van der Waals surface area contributed by atoms with Crippen LogP contribution in [0.2, 0.25) is 0 Å². The van der Waals surface area contributed by atoms with Gasteiger partial charge in [0.15, 0.2) is 5.96 Å². The summed E-state index contributed by atoms with van der Waals surface area (Å²) in [6.07, 6.45) is 1.79. The SMILES string of the molecule is CCCN=C(N)NCCc1cccc(C(=O)N(C)C)c1. The van der Waals surface area contributed by atoms with Gasteiger partial charge in [-0.15, -0.1) is 0 Å². The van der Waals surface area contributed by atoms with Crippen molar-refractivity contribution < 1.29 is 4.79 Å². The Bertz CT molecular complexity index is 469. The number of rotatable bonds is 6. The third-order valence-corrected chi connectivity index (χ3v) is 2.81. The normalized spacial score (nSPS) is 11.2. The lowest BCUT2D eigenvalue weighted by atomic mass is 10.1. The van der Waals surface area contributed by atoms with Gasteiger partial charge in [-0.25, -0.2) is 0 Å². The molecule has 3 N–H and O–H groups in total. The number of hydrogen-bond acceptors (Lipinski definition) is 2. The lowest BCUT2D eigenvalue weighted by molar-refractivity contribution is 0.0827. The topological polar surface area (TPSA) is 70.7 Å². The van der Waals surface area contributed by atoms with Gasteiger partial charge in [-0.1, -0.05) is 19.1 Å². The van der Waals surface area contributed by atoms with Gasteiger partial charge >= 0.3 is 0 Å². The van der Waals surface area contributed by atoms with Gasteiger partial charge < -0.3 is 16.0 Å². The number of nitrogens with one attached hydrogen (secondary N) is 1. The molecule has 1 amide bonds. The molecule has 110 valence electrons. The van der Waals surface area contributed by atoms with Crippen LogP contribution >= 0.6 is 0 Å². The molecule has 0 unspecified atom stereocenters. The Kier molecular flexibility index (Phi) is 6.56. The van der Waals surface area contributed by atoms with E-state index in [9.17, 15) is 4.79 Å². The van der Waals surface area contributed by atoms with Crippen molar-refractivity contribution in [2.24, 2.45) is 10.7 Å². The maximum atomic E-state index is 11.9. The summed E-state index contributed by atoms with van der Waals surface area (Å²) in [6, 6.07) is 7.66. The van der Waals surface area contributed by atoms with Crippen LogP contribution in [-0.2, 0) is 6.42 Å². The summed E-state index contributed by atoms with van der Waals surface area (Å²) in [6.45, 7) is 3.51. The fourth-order valence-electron chi connectivity index (χ4n) is 1.74. The van der Waals surface area contributed by atoms with Crippen LogP contribution in [0, 0.1) is 0 Å². The highest BCUT2D eigenvalue weighted by molar-refractivity contribution is 5.94. The first-order valence-corrected chi connectivity index (χ1v) is 6.89. The fraction of sp³-hybridized carbons (Fsp3) is 0.467. The third-order valence-electron chi connectivity index (χ3n) is 2.81. The maximum absolute atomic E-state index is 11.9. The Morgan fingerprint density at radius 1 is 1.40 bits per heavy atom. The molecule has 0 saturated heterocycles. The van der Waals surface area contributed by atoms with Gasteiger partial charge in [-0.3, -0.25) is 9.79 Å². The Balaban J connectivity index is 2.53. The number of hydrogen-bond donors (Lipinski definition) is 2. The van der Waals surface area contributed by atoms with Gasteiger partial charge in [0.1, 0.15) is 0 Å². The minimum atomic E-state index is 0.0174. The number of nitrogens with zero attached hydrogens (tertiary/aromatic N) is 2. The van der Waals surface area contributed by atoms with E-state index in [2.05, 4.69) is 17.2 Å². The Morgan fingerprint density at radius 3 is 2.80 bits per heavy atom. The highest BCUT2D eigenvalue weighted by Gasteiger charge is 2.07. The summed E-state index contributed by atoms with van der Waals surface area (Å²) in [7, 11) is 3.50. The first kappa shape index (κ1) is 16.0. The van der Waals surface area contributed by atoms with Crippen LogP contribution < -0.4 is 11.1 Å². The van der Waals surface area contributed by atoms with E-state index in [1.807, 2.05) is 24.3 Å². The fourth-order valence-corrected chi connectivity index (χ4v) is 1.74. The largest absolute Gasteiger partial charge is 0.370 e. The monoisotopic (exact) mass is 276 g/mol. The van der Waals surface area contributed by atoms with Crippen LogP contribution in [0.5, 0.6) is 0 Å². The second-order valence-corrected chi connectivity index (χ2v) is 4.84. The number of amides is 1. The molecular weight excluding hydrogens is 252 g/mol. The molecule has 0 atom stereocenters. The van der Waals surface area contributed by atoms with Crippen LogP contribution in [0.3, 0.4) is 0 Å². The Labute approximate surface area is 120 Å². The standard InChI is InChI=1S/C15H24N4O/c1-4-9-17-15(16)18-10-8-12-6-5-7-13(11-12)14(20)19(2)3/h5-7,11H,4,8-10H2,1-3H3,(H3,16,17,18). The number of carbonyl (C=O) groups is 1. The second-order valence-electron chi connectivity index (χ2n) is 4.84. The van der Waals surface area contributed by atoms with Crippen molar-refractivity contribution in [3.8, 4) is 0 Å². The minimum Gasteiger partial charge on any atom is -0.370 e. The Hall–Kier alpha value is -2.04. The van der Waals surface area contributed by atoms with Crippen molar-refractivity contribution >= 4 is 11.9 Å². The molecule has 5 nitrogen and oxygen atoms in total. The zero-order chi connectivity index (χ0) is 15.0. The summed E-state index contributed by atoms with van der Waals surface area (Å²) in [5, 5.41) is 3.07. The van der Waals surface area contributed by atoms with Gasteiger partial charge in [0.05, 0.1) is 0 Å². The van der Waals surface area contributed by atoms with Gasteiger partial charge in [0, 0.05) is 32.7 Å². The molecule has 0 radical (unpaired) electrons. The Morgan fingerprint density at radius 2 is 2.15 bits per heavy atom. The number of aliphatic imine (C=N–C) groups is 1. The summed E-state index contributed by atoms with van der Waals surface area (Å²) in [5.74, 6) is 0.496. The zero-order valence-electron chi connectivity index (χ0n) is 12.5. The van der Waals surface area contributed by atoms with Gasteiger partial charge in [0.2, 0.25) is 0 Å². The molecule has 0 spiro atoms. The molecule has 0 aliphatic heterocycles. The molecule has 1 rings (SSSR count). The van der Waals surface area contributed by atoms with Crippen molar-refractivity contribution in [3.63, 3.8) is 0 Å². The van der Waals surface area contributed by atoms with E-state index in [0.717, 1.165) is 24.9 Å². The van der Waals surface area contributed by atoms with E-state index >= 15 is 0 Å². The average molecular weight is 276 g/mol. The van der Waals surface area contributed by atoms with Crippen LogP contribution in [0.1, 0.15) is 29.3 Å². The molecule has 0 fully saturated rings. The molecule has 0 aliphatic carbocycles. The van der Waals surface area contributed by atoms with E-state index in [4.69, 9.17) is 5.73 Å². The molecule has 0 aromatic heterocycles. The molecule has 20 heavy (non-hydrogen) atoms. The van der Waals surface area contributed by atoms with Crippen molar-refractivity contribution in [1.82, 2.24) is 10.2 Å². The number of benzene rings is 1. The molecule has 0 bridgehead atoms. The summed E-state index contributed by atoms with van der Waals surface area (Å²) < 4.78 is 0. The summed E-state index contributed by atoms with van der Waals surface area (Å²) in [4.78, 5) is 17.6. The van der Waals surface area contributed by atoms with Gasteiger partial charge in [-0.2, -0.15) is 0 Å². The maximum Gasteiger partial charge on any atom is 0.253 e. The summed E-state index contributed by atoms with van der Waals surface area (Å²) >= 11 is 0. The second kappa shape index (κ2) is 8.19. The lowest BCUT2D eigenvalue weighted by Crippen LogP contribution is -2.33. The van der Waals surface area contributed by atoms with E-state index in [-0.39, 0.29) is 5.91 Å². The van der Waals surface area contributed by atoms with Crippen molar-refractivity contribution in [2.45, 2.75) is 19.8 Å². The highest BCUT2D eigenvalue weighted by atomic mass is 16.2. The number of carbonyl (C=O) groups excluding carboxylic acids is 1. The first-order chi connectivity index (χ1) is 9.54. The predicted molar refractivity (Wildman–Crippen MR) is 82.9 cm³/mol. The molecule has 0 heterocycles. The van der Waals surface area contributed by atoms with Gasteiger partial charge in [-0.05, 0) is 30.5 Å². The van der Waals surface area contributed by atoms with E-state index in [1.165, 1.54) is 0 Å². The smallest absolute Gasteiger partial charge is 0.253 e. The quantitative estimate of drug-likeness (QED) is 0.607. The lowest BCUT2D eigenvalue weighted by Gasteiger charge is -2.11. The van der Waals surface area contributed by atoms with E-state index < -0.39 is 0 Å². The van der Waals surface area contributed by atoms with Crippen LogP contribution in [-0.4, -0.2) is 44.0 Å². The van der Waals surface area contributed by atoms with E-state index in [0.29, 0.717) is 18.1 Å². The number of guanidine groups is 1. The first-order valence-electron chi connectivity index (χ1n) is 6.89. The highest BCUT2D eigenvalue weighted by Crippen LogP contribution is 2.07. The molecule has 1 aromatic rings. The zero-order valence-corrected chi connectivity index (χ0v) is 12.5. The molecule has 5 heteroatoms. The number of nitrogens with two attached hydrogens (primary N) is 1. The molecule has 0 aliphatic rings.